The van der Waals surface area contributed by atoms with E-state index in [-0.39, 0.29) is 5.91 Å². The van der Waals surface area contributed by atoms with Crippen LogP contribution in [0.2, 0.25) is 0 Å². The van der Waals surface area contributed by atoms with Crippen LogP contribution in [0.5, 0.6) is 0 Å². The molecule has 0 saturated heterocycles. The van der Waals surface area contributed by atoms with Crippen molar-refractivity contribution in [1.29, 1.82) is 0 Å². The molecule has 152 valence electrons. The highest BCUT2D eigenvalue weighted by molar-refractivity contribution is 7.98. The average molecular weight is 419 g/mol. The molecule has 0 unspecified atom stereocenters. The summed E-state index contributed by atoms with van der Waals surface area (Å²) in [6, 6.07) is 21.6. The Hall–Kier alpha value is -3.32. The molecule has 0 saturated carbocycles. The van der Waals surface area contributed by atoms with Crippen LogP contribution in [0.25, 0.3) is 11.6 Å². The summed E-state index contributed by atoms with van der Waals surface area (Å²) in [5, 5.41) is 9.58. The maximum Gasteiger partial charge on any atom is 0.253 e. The molecular weight excluding hydrogens is 396 g/mol. The van der Waals surface area contributed by atoms with Crippen LogP contribution in [0.1, 0.15) is 21.5 Å². The number of carbonyl (C=O) groups excluding carboxylic acids is 1. The third kappa shape index (κ3) is 4.46. The first kappa shape index (κ1) is 20.0. The van der Waals surface area contributed by atoms with E-state index in [2.05, 4.69) is 26.9 Å². The first-order valence-electron chi connectivity index (χ1n) is 9.56. The Labute approximate surface area is 179 Å². The predicted octanol–water partition coefficient (Wildman–Crippen LogP) is 4.58. The standard InChI is InChI=1S/C23H22N4O2S/c1-26(2)22(28)19-11-6-10-18(14-19)16-30-23-25-24-21(20-12-7-13-29-20)27(23)15-17-8-4-3-5-9-17/h3-14H,15-16H2,1-2H3. The van der Waals surface area contributed by atoms with E-state index in [4.69, 9.17) is 4.42 Å². The number of furan rings is 1. The van der Waals surface area contributed by atoms with Gasteiger partial charge in [0, 0.05) is 25.4 Å². The Balaban J connectivity index is 1.59. The molecule has 0 bridgehead atoms. The van der Waals surface area contributed by atoms with E-state index in [1.807, 2.05) is 54.6 Å². The topological polar surface area (TPSA) is 64.2 Å². The second-order valence-electron chi connectivity index (χ2n) is 7.04. The molecule has 0 spiro atoms. The van der Waals surface area contributed by atoms with E-state index < -0.39 is 0 Å². The first-order valence-corrected chi connectivity index (χ1v) is 10.5. The third-order valence-electron chi connectivity index (χ3n) is 4.59. The van der Waals surface area contributed by atoms with Crippen molar-refractivity contribution in [3.63, 3.8) is 0 Å². The summed E-state index contributed by atoms with van der Waals surface area (Å²) in [7, 11) is 3.51. The quantitative estimate of drug-likeness (QED) is 0.411. The minimum atomic E-state index is -0.00537. The number of thioether (sulfide) groups is 1. The fourth-order valence-corrected chi connectivity index (χ4v) is 3.97. The van der Waals surface area contributed by atoms with E-state index >= 15 is 0 Å². The summed E-state index contributed by atoms with van der Waals surface area (Å²) in [6.45, 7) is 0.644. The maximum absolute atomic E-state index is 12.2. The number of hydrogen-bond acceptors (Lipinski definition) is 5. The Bertz CT molecular complexity index is 1120. The summed E-state index contributed by atoms with van der Waals surface area (Å²) in [4.78, 5) is 13.8. The van der Waals surface area contributed by atoms with Gasteiger partial charge in [0.15, 0.2) is 10.9 Å². The van der Waals surface area contributed by atoms with Crippen molar-refractivity contribution in [1.82, 2.24) is 19.7 Å². The van der Waals surface area contributed by atoms with Crippen LogP contribution in [0.4, 0.5) is 0 Å². The summed E-state index contributed by atoms with van der Waals surface area (Å²) in [6.07, 6.45) is 1.64. The number of hydrogen-bond donors (Lipinski definition) is 0. The second kappa shape index (κ2) is 9.00. The largest absolute Gasteiger partial charge is 0.461 e. The molecule has 30 heavy (non-hydrogen) atoms. The molecule has 7 heteroatoms. The van der Waals surface area contributed by atoms with Gasteiger partial charge in [0.2, 0.25) is 5.82 Å². The molecule has 0 N–H and O–H groups in total. The van der Waals surface area contributed by atoms with Crippen LogP contribution >= 0.6 is 11.8 Å². The number of rotatable bonds is 7. The van der Waals surface area contributed by atoms with E-state index in [0.717, 1.165) is 16.3 Å². The molecule has 0 radical (unpaired) electrons. The highest BCUT2D eigenvalue weighted by Gasteiger charge is 2.17. The third-order valence-corrected chi connectivity index (χ3v) is 5.63. The van der Waals surface area contributed by atoms with Crippen LogP contribution in [-0.2, 0) is 12.3 Å². The Kier molecular flexibility index (Phi) is 5.99. The number of benzene rings is 2. The molecule has 0 aliphatic heterocycles. The van der Waals surface area contributed by atoms with E-state index in [1.165, 1.54) is 0 Å². The number of carbonyl (C=O) groups is 1. The molecule has 0 fully saturated rings. The lowest BCUT2D eigenvalue weighted by atomic mass is 10.1. The molecule has 2 aromatic carbocycles. The van der Waals surface area contributed by atoms with Crippen molar-refractivity contribution < 1.29 is 9.21 Å². The predicted molar refractivity (Wildman–Crippen MR) is 117 cm³/mol. The number of nitrogens with zero attached hydrogens (tertiary/aromatic N) is 4. The van der Waals surface area contributed by atoms with Crippen molar-refractivity contribution in [2.75, 3.05) is 14.1 Å². The monoisotopic (exact) mass is 418 g/mol. The van der Waals surface area contributed by atoms with E-state index in [0.29, 0.717) is 29.4 Å². The SMILES string of the molecule is CN(C)C(=O)c1cccc(CSc2nnc(-c3ccco3)n2Cc2ccccc2)c1. The molecule has 2 aromatic heterocycles. The summed E-state index contributed by atoms with van der Waals surface area (Å²) in [5.41, 5.74) is 2.90. The van der Waals surface area contributed by atoms with E-state index in [1.54, 1.807) is 37.0 Å². The highest BCUT2D eigenvalue weighted by atomic mass is 32.2. The zero-order chi connectivity index (χ0) is 20.9. The zero-order valence-electron chi connectivity index (χ0n) is 16.9. The summed E-state index contributed by atoms with van der Waals surface area (Å²) >= 11 is 1.59. The van der Waals surface area contributed by atoms with Gasteiger partial charge in [-0.15, -0.1) is 10.2 Å². The van der Waals surface area contributed by atoms with Crippen molar-refractivity contribution in [3.8, 4) is 11.6 Å². The average Bonchev–Trinajstić information content (AvgIpc) is 3.42. The number of amides is 1. The van der Waals surface area contributed by atoms with Crippen molar-refractivity contribution >= 4 is 17.7 Å². The molecule has 4 aromatic rings. The van der Waals surface area contributed by atoms with Gasteiger partial charge < -0.3 is 9.32 Å². The lowest BCUT2D eigenvalue weighted by molar-refractivity contribution is 0.0827. The highest BCUT2D eigenvalue weighted by Crippen LogP contribution is 2.28. The normalized spacial score (nSPS) is 10.9. The zero-order valence-corrected chi connectivity index (χ0v) is 17.7. The van der Waals surface area contributed by atoms with Gasteiger partial charge >= 0.3 is 0 Å². The molecule has 0 atom stereocenters. The maximum atomic E-state index is 12.2. The number of aromatic nitrogens is 3. The van der Waals surface area contributed by atoms with Gasteiger partial charge in [-0.2, -0.15) is 0 Å². The second-order valence-corrected chi connectivity index (χ2v) is 7.99. The molecule has 1 amide bonds. The van der Waals surface area contributed by atoms with Gasteiger partial charge in [0.05, 0.1) is 12.8 Å². The molecule has 2 heterocycles. The molecule has 6 nitrogen and oxygen atoms in total. The van der Waals surface area contributed by atoms with Gasteiger partial charge in [-0.3, -0.25) is 9.36 Å². The van der Waals surface area contributed by atoms with Gasteiger partial charge in [-0.1, -0.05) is 54.2 Å². The van der Waals surface area contributed by atoms with Gasteiger partial charge in [-0.05, 0) is 35.4 Å². The van der Waals surface area contributed by atoms with Crippen molar-refractivity contribution in [2.24, 2.45) is 0 Å². The minimum Gasteiger partial charge on any atom is -0.461 e. The Morgan fingerprint density at radius 2 is 1.80 bits per heavy atom. The van der Waals surface area contributed by atoms with Crippen LogP contribution in [0, 0.1) is 0 Å². The summed E-state index contributed by atoms with van der Waals surface area (Å²) in [5.74, 6) is 2.06. The van der Waals surface area contributed by atoms with Gasteiger partial charge in [-0.25, -0.2) is 0 Å². The molecule has 4 rings (SSSR count). The Morgan fingerprint density at radius 3 is 2.53 bits per heavy atom. The smallest absolute Gasteiger partial charge is 0.253 e. The van der Waals surface area contributed by atoms with Crippen LogP contribution in [0.3, 0.4) is 0 Å². The first-order chi connectivity index (χ1) is 14.6. The van der Waals surface area contributed by atoms with Gasteiger partial charge in [0.1, 0.15) is 0 Å². The minimum absolute atomic E-state index is 0.00537. The fourth-order valence-electron chi connectivity index (χ4n) is 3.09. The van der Waals surface area contributed by atoms with Gasteiger partial charge in [0.25, 0.3) is 5.91 Å². The van der Waals surface area contributed by atoms with Crippen LogP contribution < -0.4 is 0 Å². The van der Waals surface area contributed by atoms with Crippen LogP contribution in [0.15, 0.2) is 82.6 Å². The molecule has 0 aliphatic rings. The molecule has 0 aliphatic carbocycles. The van der Waals surface area contributed by atoms with Crippen molar-refractivity contribution in [2.45, 2.75) is 17.5 Å². The lowest BCUT2D eigenvalue weighted by Gasteiger charge is -2.12. The van der Waals surface area contributed by atoms with Crippen LogP contribution in [-0.4, -0.2) is 39.7 Å². The van der Waals surface area contributed by atoms with Crippen molar-refractivity contribution in [3.05, 3.63) is 89.7 Å². The summed E-state index contributed by atoms with van der Waals surface area (Å²) < 4.78 is 7.63. The van der Waals surface area contributed by atoms with E-state index in [9.17, 15) is 4.79 Å². The molecular formula is C23H22N4O2S. The Morgan fingerprint density at radius 1 is 1.00 bits per heavy atom. The lowest BCUT2D eigenvalue weighted by Crippen LogP contribution is -2.21. The fraction of sp³-hybridized carbons (Fsp3) is 0.174.